The quantitative estimate of drug-likeness (QED) is 0.689. The van der Waals surface area contributed by atoms with Crippen LogP contribution in [0.5, 0.6) is 0 Å². The second-order valence-electron chi connectivity index (χ2n) is 10.7. The zero-order chi connectivity index (χ0) is 22.0. The van der Waals surface area contributed by atoms with Crippen molar-refractivity contribution in [2.24, 2.45) is 40.4 Å². The molecule has 0 aliphatic heterocycles. The lowest BCUT2D eigenvalue weighted by molar-refractivity contribution is -0.155. The van der Waals surface area contributed by atoms with Gasteiger partial charge in [-0.2, -0.15) is 0 Å². The lowest BCUT2D eigenvalue weighted by atomic mass is 9.45. The number of likely N-dealkylation sites (N-methyl/N-ethyl adjacent to an activating group) is 1. The smallest absolute Gasteiger partial charge is 0.287 e. The number of nitrogens with one attached hydrogen (secondary N) is 1. The van der Waals surface area contributed by atoms with Gasteiger partial charge in [-0.1, -0.05) is 20.8 Å². The Kier molecular flexibility index (Phi) is 5.23. The summed E-state index contributed by atoms with van der Waals surface area (Å²) in [6, 6.07) is 0. The molecule has 0 aromatic heterocycles. The number of carbonyl (C=O) groups excluding carboxylic acids is 3. The normalized spacial score (nSPS) is 47.6. The van der Waals surface area contributed by atoms with Crippen molar-refractivity contribution < 1.29 is 23.9 Å². The van der Waals surface area contributed by atoms with E-state index in [9.17, 15) is 19.5 Å². The van der Waals surface area contributed by atoms with Crippen molar-refractivity contribution in [3.8, 4) is 0 Å². The molecule has 0 saturated heterocycles. The number of allylic oxidation sites excluding steroid dienone is 1. The second-order valence-corrected chi connectivity index (χ2v) is 10.7. The number of aliphatic hydroxyl groups excluding tert-OH is 1. The van der Waals surface area contributed by atoms with Crippen LogP contribution in [-0.4, -0.2) is 41.4 Å². The average Bonchev–Trinajstić information content (AvgIpc) is 2.92. The van der Waals surface area contributed by atoms with Crippen molar-refractivity contribution in [3.05, 3.63) is 11.6 Å². The van der Waals surface area contributed by atoms with Gasteiger partial charge in [-0.05, 0) is 78.8 Å². The van der Waals surface area contributed by atoms with Crippen LogP contribution in [-0.2, 0) is 14.4 Å². The van der Waals surface area contributed by atoms with Crippen molar-refractivity contribution in [1.82, 2.24) is 5.32 Å². The largest absolute Gasteiger partial charge is 0.393 e. The predicted octanol–water partition coefficient (Wildman–Crippen LogP) is 3.00. The molecular formula is C24H34FNO4. The molecule has 0 bridgehead atoms. The lowest BCUT2D eigenvalue weighted by Crippen LogP contribution is -2.59. The maximum Gasteiger partial charge on any atom is 0.287 e. The van der Waals surface area contributed by atoms with Crippen LogP contribution in [0.2, 0.25) is 0 Å². The van der Waals surface area contributed by atoms with Crippen LogP contribution in [0.15, 0.2) is 11.6 Å². The molecule has 3 saturated carbocycles. The number of Topliss-reactive ketones (excluding diaryl/α,β-unsaturated/α-hetero) is 1. The Balaban J connectivity index is 1.71. The third kappa shape index (κ3) is 2.93. The molecule has 6 heteroatoms. The fourth-order valence-corrected chi connectivity index (χ4v) is 8.01. The highest BCUT2D eigenvalue weighted by molar-refractivity contribution is 6.37. The second kappa shape index (κ2) is 7.25. The third-order valence-corrected chi connectivity index (χ3v) is 9.06. The van der Waals surface area contributed by atoms with E-state index in [1.54, 1.807) is 6.92 Å². The van der Waals surface area contributed by atoms with Gasteiger partial charge in [-0.25, -0.2) is 4.39 Å². The Hall–Kier alpha value is -1.56. The summed E-state index contributed by atoms with van der Waals surface area (Å²) in [5, 5.41) is 14.0. The number of amides is 1. The molecule has 2 N–H and O–H groups in total. The Morgan fingerprint density at radius 2 is 2.00 bits per heavy atom. The summed E-state index contributed by atoms with van der Waals surface area (Å²) in [6.07, 6.45) is 2.06. The summed E-state index contributed by atoms with van der Waals surface area (Å²) in [6.45, 7) is 8.22. The Labute approximate surface area is 177 Å². The maximum atomic E-state index is 15.4. The third-order valence-electron chi connectivity index (χ3n) is 9.06. The molecule has 9 atom stereocenters. The molecule has 0 heterocycles. The van der Waals surface area contributed by atoms with Gasteiger partial charge in [0.15, 0.2) is 5.78 Å². The molecule has 0 radical (unpaired) electrons. The van der Waals surface area contributed by atoms with Gasteiger partial charge in [0, 0.05) is 18.9 Å². The number of fused-ring (bicyclic) bond motifs is 5. The summed E-state index contributed by atoms with van der Waals surface area (Å²) in [5.41, 5.74) is -0.491. The molecule has 0 spiro atoms. The molecule has 4 aliphatic carbocycles. The molecule has 5 nitrogen and oxygen atoms in total. The first-order valence-electron chi connectivity index (χ1n) is 11.4. The SMILES string of the molecule is CCNC(=O)C(=O)[C@H]1[C@H](C)C[C@H]2[C@@H]3C[C@H](F)C4=CC(=O)CC[C@]4(C)[C@H]3[C@@H](O)C[C@@]21C. The van der Waals surface area contributed by atoms with Crippen molar-refractivity contribution in [2.75, 3.05) is 6.54 Å². The molecular weight excluding hydrogens is 385 g/mol. The van der Waals surface area contributed by atoms with Gasteiger partial charge < -0.3 is 10.4 Å². The molecule has 0 aromatic rings. The first-order valence-corrected chi connectivity index (χ1v) is 11.4. The van der Waals surface area contributed by atoms with Crippen LogP contribution >= 0.6 is 0 Å². The lowest BCUT2D eigenvalue weighted by Gasteiger charge is -2.60. The van der Waals surface area contributed by atoms with Gasteiger partial charge in [-0.15, -0.1) is 0 Å². The monoisotopic (exact) mass is 419 g/mol. The first kappa shape index (κ1) is 21.7. The number of carbonyl (C=O) groups is 3. The topological polar surface area (TPSA) is 83.5 Å². The fourth-order valence-electron chi connectivity index (χ4n) is 8.01. The van der Waals surface area contributed by atoms with Gasteiger partial charge >= 0.3 is 0 Å². The van der Waals surface area contributed by atoms with Crippen LogP contribution in [0.4, 0.5) is 4.39 Å². The average molecular weight is 420 g/mol. The minimum atomic E-state index is -1.19. The fraction of sp³-hybridized carbons (Fsp3) is 0.792. The van der Waals surface area contributed by atoms with Crippen LogP contribution in [0.3, 0.4) is 0 Å². The molecule has 4 aliphatic rings. The molecule has 166 valence electrons. The van der Waals surface area contributed by atoms with Crippen molar-refractivity contribution in [2.45, 2.75) is 72.1 Å². The Morgan fingerprint density at radius 1 is 1.30 bits per heavy atom. The number of ketones is 2. The number of aliphatic hydroxyl groups is 1. The molecule has 4 rings (SSSR count). The highest BCUT2D eigenvalue weighted by Crippen LogP contribution is 2.68. The maximum absolute atomic E-state index is 15.4. The Bertz CT molecular complexity index is 809. The van der Waals surface area contributed by atoms with Gasteiger partial charge in [0.25, 0.3) is 5.91 Å². The van der Waals surface area contributed by atoms with Crippen molar-refractivity contribution >= 4 is 17.5 Å². The van der Waals surface area contributed by atoms with Crippen LogP contribution < -0.4 is 5.32 Å². The number of halogens is 1. The van der Waals surface area contributed by atoms with Gasteiger partial charge in [0.05, 0.1) is 6.10 Å². The number of hydrogen-bond donors (Lipinski definition) is 2. The zero-order valence-corrected chi connectivity index (χ0v) is 18.4. The van der Waals surface area contributed by atoms with E-state index in [1.165, 1.54) is 6.08 Å². The van der Waals surface area contributed by atoms with E-state index >= 15 is 4.39 Å². The summed E-state index contributed by atoms with van der Waals surface area (Å²) in [4.78, 5) is 37.4. The molecule has 30 heavy (non-hydrogen) atoms. The van der Waals surface area contributed by atoms with E-state index in [4.69, 9.17) is 0 Å². The van der Waals surface area contributed by atoms with Crippen LogP contribution in [0.25, 0.3) is 0 Å². The molecule has 1 amide bonds. The summed E-state index contributed by atoms with van der Waals surface area (Å²) >= 11 is 0. The minimum Gasteiger partial charge on any atom is -0.393 e. The number of rotatable bonds is 3. The zero-order valence-electron chi connectivity index (χ0n) is 18.4. The van der Waals surface area contributed by atoms with E-state index in [0.29, 0.717) is 31.4 Å². The molecule has 0 unspecified atom stereocenters. The summed E-state index contributed by atoms with van der Waals surface area (Å²) in [5.74, 6) is -1.52. The summed E-state index contributed by atoms with van der Waals surface area (Å²) in [7, 11) is 0. The van der Waals surface area contributed by atoms with Crippen LogP contribution in [0.1, 0.15) is 59.8 Å². The van der Waals surface area contributed by atoms with E-state index < -0.39 is 40.7 Å². The van der Waals surface area contributed by atoms with Crippen LogP contribution in [0, 0.1) is 40.4 Å². The standard InChI is InChI=1S/C24H34FNO4/c1-5-26-22(30)21(29)19-12(2)8-15-14-10-17(25)16-9-13(27)6-7-23(16,3)20(14)18(28)11-24(15,19)4/h9,12,14-15,17-20,28H,5-8,10-11H2,1-4H3,(H,26,30)/t12-,14+,15+,17+,18+,19-,20-,23+,24+/m1/s1. The van der Waals surface area contributed by atoms with Gasteiger partial charge in [-0.3, -0.25) is 14.4 Å². The summed E-state index contributed by atoms with van der Waals surface area (Å²) < 4.78 is 15.4. The van der Waals surface area contributed by atoms with E-state index in [0.717, 1.165) is 6.42 Å². The van der Waals surface area contributed by atoms with E-state index in [-0.39, 0.29) is 35.9 Å². The Morgan fingerprint density at radius 3 is 2.67 bits per heavy atom. The molecule has 0 aromatic carbocycles. The van der Waals surface area contributed by atoms with Gasteiger partial charge in [0.1, 0.15) is 6.17 Å². The number of hydrogen-bond acceptors (Lipinski definition) is 4. The van der Waals surface area contributed by atoms with Crippen molar-refractivity contribution in [1.29, 1.82) is 0 Å². The van der Waals surface area contributed by atoms with E-state index in [1.807, 2.05) is 20.8 Å². The highest BCUT2D eigenvalue weighted by Gasteiger charge is 2.66. The first-order chi connectivity index (χ1) is 14.0. The minimum absolute atomic E-state index is 0.0109. The highest BCUT2D eigenvalue weighted by atomic mass is 19.1. The van der Waals surface area contributed by atoms with Gasteiger partial charge in [0.2, 0.25) is 5.78 Å². The molecule has 3 fully saturated rings. The van der Waals surface area contributed by atoms with E-state index in [2.05, 4.69) is 5.32 Å². The van der Waals surface area contributed by atoms with Crippen molar-refractivity contribution in [3.63, 3.8) is 0 Å². The number of alkyl halides is 1. The predicted molar refractivity (Wildman–Crippen MR) is 110 cm³/mol.